The molecular weight excluding hydrogens is 360 g/mol. The van der Waals surface area contributed by atoms with Gasteiger partial charge < -0.3 is 13.9 Å². The fourth-order valence-corrected chi connectivity index (χ4v) is 3.32. The fraction of sp³-hybridized carbons (Fsp3) is 0.524. The van der Waals surface area contributed by atoms with Crippen molar-refractivity contribution in [2.45, 2.75) is 38.9 Å². The summed E-state index contributed by atoms with van der Waals surface area (Å²) in [5.74, 6) is -2.80. The van der Waals surface area contributed by atoms with Crippen molar-refractivity contribution in [3.05, 3.63) is 42.0 Å². The molecule has 1 atom stereocenters. The summed E-state index contributed by atoms with van der Waals surface area (Å²) < 4.78 is 16.0. The summed E-state index contributed by atoms with van der Waals surface area (Å²) in [6.07, 6.45) is 3.72. The van der Waals surface area contributed by atoms with E-state index >= 15 is 0 Å². The summed E-state index contributed by atoms with van der Waals surface area (Å²) in [4.78, 5) is 24.6. The summed E-state index contributed by atoms with van der Waals surface area (Å²) in [5.41, 5.74) is 0.975. The van der Waals surface area contributed by atoms with Gasteiger partial charge in [-0.1, -0.05) is 63.3 Å². The third kappa shape index (κ3) is 6.63. The molecule has 0 N–H and O–H groups in total. The Morgan fingerprint density at radius 1 is 1.04 bits per heavy atom. The van der Waals surface area contributed by atoms with Crippen molar-refractivity contribution in [1.29, 1.82) is 0 Å². The first-order chi connectivity index (χ1) is 12.5. The Hall–Kier alpha value is -1.92. The third-order valence-corrected chi connectivity index (χ3v) is 9.62. The van der Waals surface area contributed by atoms with Crippen LogP contribution >= 0.6 is 0 Å². The first-order valence-electron chi connectivity index (χ1n) is 9.06. The Labute approximate surface area is 163 Å². The predicted octanol–water partition coefficient (Wildman–Crippen LogP) is 4.30. The van der Waals surface area contributed by atoms with Crippen molar-refractivity contribution >= 4 is 26.3 Å². The second-order valence-electron chi connectivity index (χ2n) is 8.03. The zero-order valence-electron chi connectivity index (χ0n) is 17.4. The van der Waals surface area contributed by atoms with Gasteiger partial charge in [-0.3, -0.25) is 9.59 Å². The number of hydrogen-bond donors (Lipinski definition) is 0. The minimum absolute atomic E-state index is 0.0206. The minimum Gasteiger partial charge on any atom is -0.468 e. The molecule has 0 spiro atoms. The van der Waals surface area contributed by atoms with E-state index in [-0.39, 0.29) is 11.6 Å². The number of esters is 2. The SMILES string of the molecule is COC(=O)C(C(=O)OC)C(/C=C/c1ccccc1)CO[Si](C)(C)C(C)(C)C. The molecule has 0 bridgehead atoms. The zero-order valence-corrected chi connectivity index (χ0v) is 18.4. The molecule has 0 aliphatic rings. The molecule has 5 nitrogen and oxygen atoms in total. The van der Waals surface area contributed by atoms with E-state index in [1.807, 2.05) is 42.5 Å². The number of ether oxygens (including phenoxy) is 2. The normalized spacial score (nSPS) is 13.6. The molecule has 6 heteroatoms. The van der Waals surface area contributed by atoms with Crippen LogP contribution in [-0.4, -0.2) is 41.1 Å². The lowest BCUT2D eigenvalue weighted by atomic mass is 9.92. The molecule has 0 fully saturated rings. The molecule has 150 valence electrons. The van der Waals surface area contributed by atoms with Crippen molar-refractivity contribution < 1.29 is 23.5 Å². The first kappa shape index (κ1) is 23.1. The highest BCUT2D eigenvalue weighted by Crippen LogP contribution is 2.37. The largest absolute Gasteiger partial charge is 0.468 e. The van der Waals surface area contributed by atoms with Gasteiger partial charge in [0.1, 0.15) is 0 Å². The van der Waals surface area contributed by atoms with Crippen LogP contribution in [0.2, 0.25) is 18.1 Å². The number of carbonyl (C=O) groups excluding carboxylic acids is 2. The maximum absolute atomic E-state index is 12.3. The van der Waals surface area contributed by atoms with Crippen LogP contribution in [0.1, 0.15) is 26.3 Å². The van der Waals surface area contributed by atoms with Gasteiger partial charge in [0, 0.05) is 12.5 Å². The maximum atomic E-state index is 12.3. The van der Waals surface area contributed by atoms with Crippen molar-refractivity contribution in [3.63, 3.8) is 0 Å². The van der Waals surface area contributed by atoms with E-state index in [1.54, 1.807) is 0 Å². The van der Waals surface area contributed by atoms with Crippen molar-refractivity contribution in [3.8, 4) is 0 Å². The van der Waals surface area contributed by atoms with Gasteiger partial charge in [-0.2, -0.15) is 0 Å². The average Bonchev–Trinajstić information content (AvgIpc) is 2.62. The lowest BCUT2D eigenvalue weighted by Gasteiger charge is -2.37. The number of methoxy groups -OCH3 is 2. The number of hydrogen-bond acceptors (Lipinski definition) is 5. The van der Waals surface area contributed by atoms with Crippen molar-refractivity contribution in [2.75, 3.05) is 20.8 Å². The van der Waals surface area contributed by atoms with Crippen LogP contribution in [-0.2, 0) is 23.5 Å². The van der Waals surface area contributed by atoms with E-state index < -0.39 is 32.1 Å². The molecule has 1 rings (SSSR count). The quantitative estimate of drug-likeness (QED) is 0.375. The monoisotopic (exact) mass is 392 g/mol. The Bertz CT molecular complexity index is 630. The highest BCUT2D eigenvalue weighted by Gasteiger charge is 2.41. The molecule has 0 saturated carbocycles. The molecule has 0 aliphatic carbocycles. The van der Waals surface area contributed by atoms with E-state index in [0.29, 0.717) is 0 Å². The van der Waals surface area contributed by atoms with E-state index in [1.165, 1.54) is 14.2 Å². The number of carbonyl (C=O) groups is 2. The lowest BCUT2D eigenvalue weighted by molar-refractivity contribution is -0.161. The molecule has 0 radical (unpaired) electrons. The molecule has 27 heavy (non-hydrogen) atoms. The van der Waals surface area contributed by atoms with E-state index in [9.17, 15) is 9.59 Å². The average molecular weight is 393 g/mol. The number of benzene rings is 1. The Balaban J connectivity index is 3.15. The molecule has 0 heterocycles. The second-order valence-corrected chi connectivity index (χ2v) is 12.8. The summed E-state index contributed by atoms with van der Waals surface area (Å²) >= 11 is 0. The molecule has 1 unspecified atom stereocenters. The molecule has 0 saturated heterocycles. The van der Waals surface area contributed by atoms with Crippen LogP contribution in [0.15, 0.2) is 36.4 Å². The Morgan fingerprint density at radius 3 is 2.00 bits per heavy atom. The smallest absolute Gasteiger partial charge is 0.320 e. The van der Waals surface area contributed by atoms with Gasteiger partial charge in [0.2, 0.25) is 0 Å². The summed E-state index contributed by atoms with van der Waals surface area (Å²) in [6, 6.07) is 9.69. The summed E-state index contributed by atoms with van der Waals surface area (Å²) in [6.45, 7) is 11.0. The zero-order chi connectivity index (χ0) is 20.7. The lowest BCUT2D eigenvalue weighted by Crippen LogP contribution is -2.44. The van der Waals surface area contributed by atoms with Crippen LogP contribution in [0.4, 0.5) is 0 Å². The molecule has 0 aliphatic heterocycles. The highest BCUT2D eigenvalue weighted by atomic mass is 28.4. The highest BCUT2D eigenvalue weighted by molar-refractivity contribution is 6.74. The van der Waals surface area contributed by atoms with E-state index in [2.05, 4.69) is 33.9 Å². The van der Waals surface area contributed by atoms with Crippen molar-refractivity contribution in [2.24, 2.45) is 11.8 Å². The summed E-state index contributed by atoms with van der Waals surface area (Å²) in [5, 5.41) is 0.0206. The van der Waals surface area contributed by atoms with Crippen molar-refractivity contribution in [1.82, 2.24) is 0 Å². The van der Waals surface area contributed by atoms with Gasteiger partial charge in [-0.15, -0.1) is 0 Å². The van der Waals surface area contributed by atoms with Crippen LogP contribution in [0.3, 0.4) is 0 Å². The van der Waals surface area contributed by atoms with Crippen LogP contribution in [0.25, 0.3) is 6.08 Å². The van der Waals surface area contributed by atoms with Gasteiger partial charge in [0.05, 0.1) is 14.2 Å². The second kappa shape index (κ2) is 9.85. The van der Waals surface area contributed by atoms with Gasteiger partial charge in [0.15, 0.2) is 14.2 Å². The van der Waals surface area contributed by atoms with Crippen LogP contribution in [0.5, 0.6) is 0 Å². The number of rotatable bonds is 8. The minimum atomic E-state index is -2.05. The first-order valence-corrected chi connectivity index (χ1v) is 12.0. The molecule has 1 aromatic carbocycles. The van der Waals surface area contributed by atoms with E-state index in [0.717, 1.165) is 5.56 Å². The van der Waals surface area contributed by atoms with Gasteiger partial charge in [-0.25, -0.2) is 0 Å². The summed E-state index contributed by atoms with van der Waals surface area (Å²) in [7, 11) is 0.488. The standard InChI is InChI=1S/C21H32O5Si/c1-21(2,3)27(6,7)26-15-17(14-13-16-11-9-8-10-12-16)18(19(22)24-4)20(23)25-5/h8-14,17-18H,15H2,1-7H3/b14-13+. The van der Waals surface area contributed by atoms with Gasteiger partial charge >= 0.3 is 11.9 Å². The third-order valence-electron chi connectivity index (χ3n) is 5.12. The van der Waals surface area contributed by atoms with E-state index in [4.69, 9.17) is 13.9 Å². The molecule has 0 aromatic heterocycles. The Kier molecular flexibility index (Phi) is 8.43. The van der Waals surface area contributed by atoms with Gasteiger partial charge in [0.25, 0.3) is 0 Å². The maximum Gasteiger partial charge on any atom is 0.320 e. The molecule has 1 aromatic rings. The van der Waals surface area contributed by atoms with Gasteiger partial charge in [-0.05, 0) is 23.7 Å². The fourth-order valence-electron chi connectivity index (χ4n) is 2.28. The topological polar surface area (TPSA) is 61.8 Å². The van der Waals surface area contributed by atoms with Crippen LogP contribution in [0, 0.1) is 11.8 Å². The predicted molar refractivity (Wildman–Crippen MR) is 110 cm³/mol. The van der Waals surface area contributed by atoms with Crippen LogP contribution < -0.4 is 0 Å². The molecule has 0 amide bonds. The molecular formula is C21H32O5Si. The Morgan fingerprint density at radius 2 is 1.56 bits per heavy atom.